The lowest BCUT2D eigenvalue weighted by atomic mass is 10.1. The number of carbonyl (C=O) groups is 1. The number of likely N-dealkylation sites (N-methyl/N-ethyl adjacent to an activating group) is 1. The van der Waals surface area contributed by atoms with E-state index < -0.39 is 9.84 Å². The molecule has 0 radical (unpaired) electrons. The van der Waals surface area contributed by atoms with Gasteiger partial charge in [0.05, 0.1) is 18.1 Å². The zero-order valence-electron chi connectivity index (χ0n) is 12.5. The number of carbonyl (C=O) groups excluding carboxylic acids is 1. The highest BCUT2D eigenvalue weighted by Crippen LogP contribution is 2.11. The first-order valence-electron chi connectivity index (χ1n) is 7.08. The molecule has 1 atom stereocenters. The highest BCUT2D eigenvalue weighted by molar-refractivity contribution is 7.91. The molecule has 1 heterocycles. The van der Waals surface area contributed by atoms with Crippen molar-refractivity contribution in [1.82, 2.24) is 10.2 Å². The van der Waals surface area contributed by atoms with Gasteiger partial charge < -0.3 is 5.32 Å². The highest BCUT2D eigenvalue weighted by atomic mass is 32.2. The standard InChI is InChI=1S/C15H22N2O3S/c1-12-3-5-13(6-4-12)9-17(2)10-15(18)16-14-7-8-21(19,20)11-14/h3-6,14H,7-11H2,1-2H3,(H,16,18)/t14-/m0/s1. The second kappa shape index (κ2) is 6.58. The van der Waals surface area contributed by atoms with Crippen molar-refractivity contribution in [3.8, 4) is 0 Å². The summed E-state index contributed by atoms with van der Waals surface area (Å²) in [4.78, 5) is 13.8. The van der Waals surface area contributed by atoms with Crippen LogP contribution in [0.3, 0.4) is 0 Å². The Morgan fingerprint density at radius 3 is 2.57 bits per heavy atom. The SMILES string of the molecule is Cc1ccc(CN(C)CC(=O)N[C@H]2CCS(=O)(=O)C2)cc1. The summed E-state index contributed by atoms with van der Waals surface area (Å²) in [7, 11) is -1.07. The monoisotopic (exact) mass is 310 g/mol. The maximum absolute atomic E-state index is 11.9. The number of rotatable bonds is 5. The minimum Gasteiger partial charge on any atom is -0.351 e. The van der Waals surface area contributed by atoms with Crippen molar-refractivity contribution < 1.29 is 13.2 Å². The molecule has 0 saturated carbocycles. The van der Waals surface area contributed by atoms with E-state index in [-0.39, 0.29) is 30.0 Å². The molecular formula is C15H22N2O3S. The lowest BCUT2D eigenvalue weighted by molar-refractivity contribution is -0.122. The van der Waals surface area contributed by atoms with Crippen LogP contribution in [0.25, 0.3) is 0 Å². The summed E-state index contributed by atoms with van der Waals surface area (Å²) >= 11 is 0. The van der Waals surface area contributed by atoms with Crippen LogP contribution in [0.1, 0.15) is 17.5 Å². The summed E-state index contributed by atoms with van der Waals surface area (Å²) in [6.45, 7) is 3.00. The molecule has 0 spiro atoms. The third-order valence-corrected chi connectivity index (χ3v) is 5.35. The molecule has 5 nitrogen and oxygen atoms in total. The molecule has 2 rings (SSSR count). The van der Waals surface area contributed by atoms with Gasteiger partial charge >= 0.3 is 0 Å². The van der Waals surface area contributed by atoms with E-state index in [9.17, 15) is 13.2 Å². The van der Waals surface area contributed by atoms with E-state index in [0.717, 1.165) is 5.56 Å². The number of hydrogen-bond acceptors (Lipinski definition) is 4. The molecule has 0 unspecified atom stereocenters. The van der Waals surface area contributed by atoms with Gasteiger partial charge in [0, 0.05) is 12.6 Å². The maximum Gasteiger partial charge on any atom is 0.234 e. The van der Waals surface area contributed by atoms with Gasteiger partial charge in [-0.25, -0.2) is 8.42 Å². The molecule has 1 amide bonds. The lowest BCUT2D eigenvalue weighted by Crippen LogP contribution is -2.41. The van der Waals surface area contributed by atoms with Crippen molar-refractivity contribution >= 4 is 15.7 Å². The number of amides is 1. The Morgan fingerprint density at radius 1 is 1.33 bits per heavy atom. The fourth-order valence-corrected chi connectivity index (χ4v) is 4.16. The molecule has 0 aromatic heterocycles. The van der Waals surface area contributed by atoms with Gasteiger partial charge in [0.2, 0.25) is 5.91 Å². The van der Waals surface area contributed by atoms with E-state index in [2.05, 4.69) is 5.32 Å². The van der Waals surface area contributed by atoms with Crippen LogP contribution in [-0.2, 0) is 21.2 Å². The minimum atomic E-state index is -2.95. The Labute approximate surface area is 126 Å². The van der Waals surface area contributed by atoms with E-state index in [4.69, 9.17) is 0 Å². The topological polar surface area (TPSA) is 66.5 Å². The van der Waals surface area contributed by atoms with Gasteiger partial charge in [-0.05, 0) is 26.0 Å². The molecule has 1 aliphatic rings. The number of nitrogens with one attached hydrogen (secondary N) is 1. The number of sulfone groups is 1. The van der Waals surface area contributed by atoms with Gasteiger partial charge in [-0.1, -0.05) is 29.8 Å². The van der Waals surface area contributed by atoms with Crippen molar-refractivity contribution in [3.05, 3.63) is 35.4 Å². The smallest absolute Gasteiger partial charge is 0.234 e. The normalized spacial score (nSPS) is 20.6. The van der Waals surface area contributed by atoms with Crippen molar-refractivity contribution in [2.24, 2.45) is 0 Å². The third-order valence-electron chi connectivity index (χ3n) is 3.58. The van der Waals surface area contributed by atoms with E-state index in [0.29, 0.717) is 13.0 Å². The van der Waals surface area contributed by atoms with E-state index in [1.54, 1.807) is 0 Å². The summed E-state index contributed by atoms with van der Waals surface area (Å²) in [6, 6.07) is 7.97. The Bertz CT molecular complexity index is 596. The second-order valence-corrected chi connectivity index (χ2v) is 8.05. The molecule has 1 aromatic rings. The quantitative estimate of drug-likeness (QED) is 0.871. The summed E-state index contributed by atoms with van der Waals surface area (Å²) < 4.78 is 22.7. The van der Waals surface area contributed by atoms with Crippen LogP contribution in [0, 0.1) is 6.92 Å². The molecule has 1 aliphatic heterocycles. The summed E-state index contributed by atoms with van der Waals surface area (Å²) in [5.41, 5.74) is 2.36. The van der Waals surface area contributed by atoms with Crippen molar-refractivity contribution in [3.63, 3.8) is 0 Å². The Balaban J connectivity index is 1.78. The average Bonchev–Trinajstić information content (AvgIpc) is 2.71. The zero-order chi connectivity index (χ0) is 15.5. The largest absolute Gasteiger partial charge is 0.351 e. The van der Waals surface area contributed by atoms with E-state index in [1.807, 2.05) is 43.1 Å². The molecule has 1 saturated heterocycles. The van der Waals surface area contributed by atoms with Crippen molar-refractivity contribution in [1.29, 1.82) is 0 Å². The number of nitrogens with zero attached hydrogens (tertiary/aromatic N) is 1. The number of aryl methyl sites for hydroxylation is 1. The summed E-state index contributed by atoms with van der Waals surface area (Å²) in [5, 5.41) is 2.80. The third kappa shape index (κ3) is 5.13. The molecule has 21 heavy (non-hydrogen) atoms. The van der Waals surface area contributed by atoms with Gasteiger partial charge in [-0.3, -0.25) is 9.69 Å². The molecule has 1 N–H and O–H groups in total. The first-order chi connectivity index (χ1) is 9.84. The minimum absolute atomic E-state index is 0.0699. The van der Waals surface area contributed by atoms with Crippen molar-refractivity contribution in [2.75, 3.05) is 25.1 Å². The molecule has 1 fully saturated rings. The molecule has 6 heteroatoms. The van der Waals surface area contributed by atoms with E-state index >= 15 is 0 Å². The Hall–Kier alpha value is -1.40. The van der Waals surface area contributed by atoms with Gasteiger partial charge in [0.15, 0.2) is 9.84 Å². The Morgan fingerprint density at radius 2 is 2.00 bits per heavy atom. The first-order valence-corrected chi connectivity index (χ1v) is 8.90. The van der Waals surface area contributed by atoms with Crippen LogP contribution in [0.5, 0.6) is 0 Å². The van der Waals surface area contributed by atoms with Gasteiger partial charge in [-0.2, -0.15) is 0 Å². The molecular weight excluding hydrogens is 288 g/mol. The number of hydrogen-bond donors (Lipinski definition) is 1. The molecule has 0 bridgehead atoms. The van der Waals surface area contributed by atoms with E-state index in [1.165, 1.54) is 5.56 Å². The van der Waals surface area contributed by atoms with Gasteiger partial charge in [-0.15, -0.1) is 0 Å². The summed E-state index contributed by atoms with van der Waals surface area (Å²) in [6.07, 6.45) is 0.524. The predicted octanol–water partition coefficient (Wildman–Crippen LogP) is 0.730. The first kappa shape index (κ1) is 16.0. The van der Waals surface area contributed by atoms with Crippen LogP contribution in [0.2, 0.25) is 0 Å². The fourth-order valence-electron chi connectivity index (χ4n) is 2.49. The van der Waals surface area contributed by atoms with Crippen LogP contribution in [0.4, 0.5) is 0 Å². The van der Waals surface area contributed by atoms with Crippen LogP contribution >= 0.6 is 0 Å². The Kier molecular flexibility index (Phi) is 5.00. The zero-order valence-corrected chi connectivity index (χ0v) is 13.3. The number of benzene rings is 1. The maximum atomic E-state index is 11.9. The second-order valence-electron chi connectivity index (χ2n) is 5.83. The lowest BCUT2D eigenvalue weighted by Gasteiger charge is -2.18. The highest BCUT2D eigenvalue weighted by Gasteiger charge is 2.28. The fraction of sp³-hybridized carbons (Fsp3) is 0.533. The molecule has 116 valence electrons. The average molecular weight is 310 g/mol. The van der Waals surface area contributed by atoms with Gasteiger partial charge in [0.1, 0.15) is 0 Å². The van der Waals surface area contributed by atoms with Crippen LogP contribution in [0.15, 0.2) is 24.3 Å². The van der Waals surface area contributed by atoms with Crippen LogP contribution < -0.4 is 5.32 Å². The van der Waals surface area contributed by atoms with Gasteiger partial charge in [0.25, 0.3) is 0 Å². The predicted molar refractivity (Wildman–Crippen MR) is 82.7 cm³/mol. The summed E-state index contributed by atoms with van der Waals surface area (Å²) in [5.74, 6) is 0.129. The molecule has 1 aromatic carbocycles. The molecule has 0 aliphatic carbocycles. The van der Waals surface area contributed by atoms with Crippen LogP contribution in [-0.4, -0.2) is 50.4 Å². The van der Waals surface area contributed by atoms with Crippen molar-refractivity contribution in [2.45, 2.75) is 25.9 Å².